The molecular weight excluding hydrogens is 216 g/mol. The number of hydrogen-bond donors (Lipinski definition) is 1. The molecule has 0 spiro atoms. The molecule has 0 aliphatic heterocycles. The van der Waals surface area contributed by atoms with Gasteiger partial charge in [-0.25, -0.2) is 19.7 Å². The summed E-state index contributed by atoms with van der Waals surface area (Å²) < 4.78 is 0. The van der Waals surface area contributed by atoms with E-state index in [-0.39, 0.29) is 5.69 Å². The Morgan fingerprint density at radius 2 is 1.76 bits per heavy atom. The highest BCUT2D eigenvalue weighted by Gasteiger charge is 1.90. The number of hydrogen-bond acceptors (Lipinski definition) is 4. The van der Waals surface area contributed by atoms with Crippen LogP contribution in [-0.4, -0.2) is 19.9 Å². The van der Waals surface area contributed by atoms with Crippen LogP contribution in [-0.2, 0) is 0 Å². The highest BCUT2D eigenvalue weighted by molar-refractivity contribution is 5.76. The van der Waals surface area contributed by atoms with Crippen LogP contribution in [0.3, 0.4) is 0 Å². The first-order valence-electron chi connectivity index (χ1n) is 5.00. The van der Waals surface area contributed by atoms with Gasteiger partial charge in [0.05, 0.1) is 5.52 Å². The number of fused-ring (bicyclic) bond motifs is 1. The molecule has 0 atom stereocenters. The molecular formula is C12H10N4O. The Balaban J connectivity index is 0.000000153. The van der Waals surface area contributed by atoms with Gasteiger partial charge in [0.15, 0.2) is 0 Å². The largest absolute Gasteiger partial charge is 0.345 e. The molecule has 0 aliphatic carbocycles. The first-order valence-corrected chi connectivity index (χ1v) is 5.00. The van der Waals surface area contributed by atoms with E-state index in [1.807, 2.05) is 24.3 Å². The third-order valence-electron chi connectivity index (χ3n) is 2.00. The average Bonchev–Trinajstić information content (AvgIpc) is 2.41. The Morgan fingerprint density at radius 1 is 1.00 bits per heavy atom. The molecule has 0 unspecified atom stereocenters. The van der Waals surface area contributed by atoms with Crippen LogP contribution in [0.4, 0.5) is 0 Å². The van der Waals surface area contributed by atoms with E-state index in [0.717, 1.165) is 10.9 Å². The molecule has 3 aromatic rings. The topological polar surface area (TPSA) is 71.5 Å². The molecule has 1 aromatic carbocycles. The number of rotatable bonds is 0. The molecule has 0 fully saturated rings. The predicted molar refractivity (Wildman–Crippen MR) is 64.4 cm³/mol. The van der Waals surface area contributed by atoms with Crippen molar-refractivity contribution in [1.29, 1.82) is 0 Å². The molecule has 0 amide bonds. The number of aromatic amines is 1. The van der Waals surface area contributed by atoms with Crippen molar-refractivity contribution in [3.8, 4) is 0 Å². The third kappa shape index (κ3) is 3.20. The van der Waals surface area contributed by atoms with Gasteiger partial charge in [-0.15, -0.1) is 0 Å². The molecule has 3 rings (SSSR count). The summed E-state index contributed by atoms with van der Waals surface area (Å²) in [6.07, 6.45) is 6.44. The molecule has 2 aromatic heterocycles. The zero-order chi connectivity index (χ0) is 11.9. The van der Waals surface area contributed by atoms with E-state index in [9.17, 15) is 4.79 Å². The smallest absolute Gasteiger partial charge is 0.305 e. The minimum Gasteiger partial charge on any atom is -0.305 e. The normalized spacial score (nSPS) is 9.41. The molecule has 0 saturated heterocycles. The van der Waals surface area contributed by atoms with Gasteiger partial charge in [0.1, 0.15) is 6.33 Å². The highest BCUT2D eigenvalue weighted by atomic mass is 16.1. The zero-order valence-electron chi connectivity index (χ0n) is 8.95. The second-order valence-corrected chi connectivity index (χ2v) is 3.18. The zero-order valence-corrected chi connectivity index (χ0v) is 8.95. The van der Waals surface area contributed by atoms with Crippen LogP contribution in [0.2, 0.25) is 0 Å². The van der Waals surface area contributed by atoms with Gasteiger partial charge in [-0.3, -0.25) is 0 Å². The summed E-state index contributed by atoms with van der Waals surface area (Å²) >= 11 is 0. The lowest BCUT2D eigenvalue weighted by Gasteiger charge is -1.92. The lowest BCUT2D eigenvalue weighted by molar-refractivity contribution is 1.12. The van der Waals surface area contributed by atoms with Crippen LogP contribution < -0.4 is 5.69 Å². The molecule has 0 saturated carbocycles. The van der Waals surface area contributed by atoms with Crippen molar-refractivity contribution in [3.63, 3.8) is 0 Å². The lowest BCUT2D eigenvalue weighted by atomic mass is 10.2. The molecule has 17 heavy (non-hydrogen) atoms. The first-order chi connectivity index (χ1) is 8.36. The second kappa shape index (κ2) is 5.50. The van der Waals surface area contributed by atoms with Crippen molar-refractivity contribution in [3.05, 3.63) is 65.7 Å². The van der Waals surface area contributed by atoms with E-state index in [1.54, 1.807) is 24.7 Å². The first kappa shape index (κ1) is 10.9. The molecule has 0 bridgehead atoms. The Morgan fingerprint density at radius 3 is 2.41 bits per heavy atom. The van der Waals surface area contributed by atoms with Crippen molar-refractivity contribution >= 4 is 10.9 Å². The summed E-state index contributed by atoms with van der Waals surface area (Å²) in [5.74, 6) is 0. The molecule has 2 heterocycles. The SMILES string of the molecule is O=c1ncc2ccccc2[nH]1.c1cncnc1. The van der Waals surface area contributed by atoms with E-state index < -0.39 is 0 Å². The van der Waals surface area contributed by atoms with Crippen LogP contribution in [0, 0.1) is 0 Å². The average molecular weight is 226 g/mol. The number of nitrogens with one attached hydrogen (secondary N) is 1. The van der Waals surface area contributed by atoms with E-state index in [0.29, 0.717) is 0 Å². The Bertz CT molecular complexity index is 610. The molecule has 5 nitrogen and oxygen atoms in total. The van der Waals surface area contributed by atoms with E-state index in [2.05, 4.69) is 19.9 Å². The van der Waals surface area contributed by atoms with Crippen LogP contribution in [0.15, 0.2) is 60.0 Å². The number of nitrogens with zero attached hydrogens (tertiary/aromatic N) is 3. The van der Waals surface area contributed by atoms with Gasteiger partial charge >= 0.3 is 5.69 Å². The fourth-order valence-electron chi connectivity index (χ4n) is 1.25. The van der Waals surface area contributed by atoms with Gasteiger partial charge < -0.3 is 4.98 Å². The van der Waals surface area contributed by atoms with Gasteiger partial charge in [-0.1, -0.05) is 18.2 Å². The summed E-state index contributed by atoms with van der Waals surface area (Å²) in [5.41, 5.74) is 0.524. The molecule has 1 N–H and O–H groups in total. The van der Waals surface area contributed by atoms with Crippen molar-refractivity contribution in [2.24, 2.45) is 0 Å². The highest BCUT2D eigenvalue weighted by Crippen LogP contribution is 2.05. The van der Waals surface area contributed by atoms with E-state index in [4.69, 9.17) is 0 Å². The summed E-state index contributed by atoms with van der Waals surface area (Å²) in [6.45, 7) is 0. The fraction of sp³-hybridized carbons (Fsp3) is 0. The summed E-state index contributed by atoms with van der Waals surface area (Å²) in [6, 6.07) is 9.30. The van der Waals surface area contributed by atoms with Crippen molar-refractivity contribution in [2.45, 2.75) is 0 Å². The lowest BCUT2D eigenvalue weighted by Crippen LogP contribution is -2.07. The molecule has 5 heteroatoms. The van der Waals surface area contributed by atoms with Crippen molar-refractivity contribution in [1.82, 2.24) is 19.9 Å². The minimum absolute atomic E-state index is 0.302. The maximum Gasteiger partial charge on any atom is 0.345 e. The van der Waals surface area contributed by atoms with Gasteiger partial charge in [0, 0.05) is 24.0 Å². The van der Waals surface area contributed by atoms with Crippen LogP contribution in [0.5, 0.6) is 0 Å². The van der Waals surface area contributed by atoms with Gasteiger partial charge in [0.25, 0.3) is 0 Å². The summed E-state index contributed by atoms with van der Waals surface area (Å²) in [4.78, 5) is 24.3. The number of benzene rings is 1. The van der Waals surface area contributed by atoms with Gasteiger partial charge in [-0.2, -0.15) is 0 Å². The Kier molecular flexibility index (Phi) is 3.54. The number of aromatic nitrogens is 4. The maximum absolute atomic E-state index is 10.7. The molecule has 84 valence electrons. The predicted octanol–water partition coefficient (Wildman–Crippen LogP) is 1.40. The number of H-pyrrole nitrogens is 1. The van der Waals surface area contributed by atoms with Crippen LogP contribution in [0.1, 0.15) is 0 Å². The Labute approximate surface area is 97.2 Å². The quantitative estimate of drug-likeness (QED) is 0.629. The summed E-state index contributed by atoms with van der Waals surface area (Å²) in [7, 11) is 0. The molecule has 0 radical (unpaired) electrons. The fourth-order valence-corrected chi connectivity index (χ4v) is 1.25. The van der Waals surface area contributed by atoms with Crippen LogP contribution >= 0.6 is 0 Å². The van der Waals surface area contributed by atoms with E-state index >= 15 is 0 Å². The van der Waals surface area contributed by atoms with Crippen LogP contribution in [0.25, 0.3) is 10.9 Å². The Hall–Kier alpha value is -2.56. The minimum atomic E-state index is -0.302. The molecule has 0 aliphatic rings. The van der Waals surface area contributed by atoms with Crippen molar-refractivity contribution in [2.75, 3.05) is 0 Å². The third-order valence-corrected chi connectivity index (χ3v) is 2.00. The van der Waals surface area contributed by atoms with Gasteiger partial charge in [0.2, 0.25) is 0 Å². The summed E-state index contributed by atoms with van der Waals surface area (Å²) in [5, 5.41) is 0.951. The van der Waals surface area contributed by atoms with E-state index in [1.165, 1.54) is 6.33 Å². The standard InChI is InChI=1S/C8H6N2O.C4H4N2/c11-8-9-5-6-3-1-2-4-7(6)10-8;1-2-5-4-6-3-1/h1-5H,(H,9,10,11);1-4H. The maximum atomic E-state index is 10.7. The van der Waals surface area contributed by atoms with Gasteiger partial charge in [-0.05, 0) is 12.1 Å². The van der Waals surface area contributed by atoms with Crippen molar-refractivity contribution < 1.29 is 0 Å². The monoisotopic (exact) mass is 226 g/mol. The number of para-hydroxylation sites is 1. The second-order valence-electron chi connectivity index (χ2n) is 3.18.